The van der Waals surface area contributed by atoms with Crippen LogP contribution in [0.3, 0.4) is 0 Å². The fraction of sp³-hybridized carbons (Fsp3) is 0.600. The molecule has 0 aromatic heterocycles. The number of benzene rings is 1. The summed E-state index contributed by atoms with van der Waals surface area (Å²) in [4.78, 5) is 24.8. The highest BCUT2D eigenvalue weighted by atomic mass is 32.2. The van der Waals surface area contributed by atoms with Crippen LogP contribution >= 0.6 is 0 Å². The molecule has 1 aliphatic carbocycles. The lowest BCUT2D eigenvalue weighted by Crippen LogP contribution is -2.41. The van der Waals surface area contributed by atoms with E-state index in [1.165, 1.54) is 19.1 Å². The largest absolute Gasteiger partial charge is 0.449 e. The summed E-state index contributed by atoms with van der Waals surface area (Å²) >= 11 is 0. The number of hydrogen-bond acceptors (Lipinski definition) is 5. The molecule has 1 amide bonds. The van der Waals surface area contributed by atoms with Crippen LogP contribution < -0.4 is 10.0 Å². The molecule has 0 radical (unpaired) electrons. The number of sulfonamides is 1. The van der Waals surface area contributed by atoms with E-state index in [9.17, 15) is 18.0 Å². The van der Waals surface area contributed by atoms with E-state index in [2.05, 4.69) is 10.0 Å². The van der Waals surface area contributed by atoms with Crippen LogP contribution in [0.1, 0.15) is 69.3 Å². The van der Waals surface area contributed by atoms with Gasteiger partial charge in [-0.15, -0.1) is 0 Å². The Labute approximate surface area is 167 Å². The number of rotatable bonds is 6. The van der Waals surface area contributed by atoms with E-state index in [-0.39, 0.29) is 22.4 Å². The lowest BCUT2D eigenvalue weighted by molar-refractivity contribution is -0.129. The van der Waals surface area contributed by atoms with Crippen LogP contribution in [0, 0.1) is 6.92 Å². The number of ether oxygens (including phenoxy) is 1. The van der Waals surface area contributed by atoms with Gasteiger partial charge in [0.1, 0.15) is 0 Å². The van der Waals surface area contributed by atoms with Gasteiger partial charge in [0.15, 0.2) is 6.10 Å². The van der Waals surface area contributed by atoms with Gasteiger partial charge in [-0.25, -0.2) is 17.9 Å². The minimum atomic E-state index is -3.79. The van der Waals surface area contributed by atoms with E-state index >= 15 is 0 Å². The predicted molar refractivity (Wildman–Crippen MR) is 107 cm³/mol. The second kappa shape index (κ2) is 8.61. The summed E-state index contributed by atoms with van der Waals surface area (Å²) in [6, 6.07) is 4.41. The lowest BCUT2D eigenvalue weighted by Gasteiger charge is -2.21. The van der Waals surface area contributed by atoms with Crippen molar-refractivity contribution in [3.8, 4) is 0 Å². The first-order chi connectivity index (χ1) is 12.9. The first-order valence-electron chi connectivity index (χ1n) is 9.55. The van der Waals surface area contributed by atoms with E-state index < -0.39 is 27.6 Å². The molecule has 1 unspecified atom stereocenters. The Kier molecular flexibility index (Phi) is 6.88. The number of nitrogens with one attached hydrogen (secondary N) is 2. The third-order valence-corrected chi connectivity index (χ3v) is 6.29. The van der Waals surface area contributed by atoms with Crippen LogP contribution in [0.5, 0.6) is 0 Å². The maximum Gasteiger partial charge on any atom is 0.339 e. The Morgan fingerprint density at radius 1 is 1.18 bits per heavy atom. The Hall–Kier alpha value is -1.93. The van der Waals surface area contributed by atoms with Gasteiger partial charge in [-0.3, -0.25) is 4.79 Å². The quantitative estimate of drug-likeness (QED) is 0.702. The van der Waals surface area contributed by atoms with Gasteiger partial charge in [0.2, 0.25) is 10.0 Å². The summed E-state index contributed by atoms with van der Waals surface area (Å²) < 4.78 is 32.9. The maximum atomic E-state index is 12.6. The van der Waals surface area contributed by atoms with Crippen molar-refractivity contribution in [2.24, 2.45) is 0 Å². The van der Waals surface area contributed by atoms with Crippen molar-refractivity contribution in [2.45, 2.75) is 82.9 Å². The summed E-state index contributed by atoms with van der Waals surface area (Å²) in [6.45, 7) is 8.41. The van der Waals surface area contributed by atoms with Crippen LogP contribution in [0.15, 0.2) is 23.1 Å². The number of esters is 1. The normalized spacial score (nSPS) is 16.6. The summed E-state index contributed by atoms with van der Waals surface area (Å²) in [7, 11) is -3.79. The molecule has 0 aliphatic heterocycles. The summed E-state index contributed by atoms with van der Waals surface area (Å²) in [5.41, 5.74) is 0.0393. The van der Waals surface area contributed by atoms with Gasteiger partial charge >= 0.3 is 5.97 Å². The number of amides is 1. The standard InChI is InChI=1S/C20H30N2O5S/c1-13-10-11-16(28(25,26)22-20(3,4)5)12-17(13)19(24)27-14(2)18(23)21-15-8-6-7-9-15/h10-12,14-15,22H,6-9H2,1-5H3,(H,21,23). The molecule has 1 saturated carbocycles. The molecule has 8 heteroatoms. The smallest absolute Gasteiger partial charge is 0.339 e. The first-order valence-corrected chi connectivity index (χ1v) is 11.0. The van der Waals surface area contributed by atoms with Gasteiger partial charge in [-0.2, -0.15) is 0 Å². The topological polar surface area (TPSA) is 102 Å². The SMILES string of the molecule is Cc1ccc(S(=O)(=O)NC(C)(C)C)cc1C(=O)OC(C)C(=O)NC1CCCC1. The fourth-order valence-electron chi connectivity index (χ4n) is 3.12. The predicted octanol–water partition coefficient (Wildman–Crippen LogP) is 2.68. The highest BCUT2D eigenvalue weighted by Crippen LogP contribution is 2.20. The van der Waals surface area contributed by atoms with E-state index in [0.717, 1.165) is 25.7 Å². The van der Waals surface area contributed by atoms with Crippen LogP contribution in [0.25, 0.3) is 0 Å². The van der Waals surface area contributed by atoms with Gasteiger partial charge in [0, 0.05) is 11.6 Å². The Bertz CT molecular complexity index is 837. The third-order valence-electron chi connectivity index (χ3n) is 4.53. The molecule has 1 aliphatic rings. The van der Waals surface area contributed by atoms with Gasteiger partial charge in [0.25, 0.3) is 5.91 Å². The van der Waals surface area contributed by atoms with Crippen molar-refractivity contribution in [3.63, 3.8) is 0 Å². The van der Waals surface area contributed by atoms with Crippen molar-refractivity contribution in [3.05, 3.63) is 29.3 Å². The molecule has 0 heterocycles. The molecule has 0 bridgehead atoms. The van der Waals surface area contributed by atoms with Gasteiger partial charge in [0.05, 0.1) is 10.5 Å². The third kappa shape index (κ3) is 6.04. The van der Waals surface area contributed by atoms with Crippen molar-refractivity contribution in [2.75, 3.05) is 0 Å². The van der Waals surface area contributed by atoms with Crippen LogP contribution in [-0.2, 0) is 19.6 Å². The average Bonchev–Trinajstić information content (AvgIpc) is 3.05. The van der Waals surface area contributed by atoms with Gasteiger partial charge < -0.3 is 10.1 Å². The van der Waals surface area contributed by atoms with Gasteiger partial charge in [-0.05, 0) is 65.2 Å². The van der Waals surface area contributed by atoms with Gasteiger partial charge in [-0.1, -0.05) is 18.9 Å². The van der Waals surface area contributed by atoms with Crippen LogP contribution in [-0.4, -0.2) is 38.0 Å². The molecule has 0 saturated heterocycles. The highest BCUT2D eigenvalue weighted by Gasteiger charge is 2.26. The van der Waals surface area contributed by atoms with Crippen molar-refractivity contribution in [1.29, 1.82) is 0 Å². The van der Waals surface area contributed by atoms with E-state index in [0.29, 0.717) is 5.56 Å². The van der Waals surface area contributed by atoms with E-state index in [1.807, 2.05) is 0 Å². The zero-order valence-corrected chi connectivity index (χ0v) is 18.0. The molecule has 2 N–H and O–H groups in total. The maximum absolute atomic E-state index is 12.6. The monoisotopic (exact) mass is 410 g/mol. The fourth-order valence-corrected chi connectivity index (χ4v) is 4.56. The summed E-state index contributed by atoms with van der Waals surface area (Å²) in [5, 5.41) is 2.89. The summed E-state index contributed by atoms with van der Waals surface area (Å²) in [5.74, 6) is -1.06. The first kappa shape index (κ1) is 22.4. The van der Waals surface area contributed by atoms with E-state index in [4.69, 9.17) is 4.74 Å². The number of carbonyl (C=O) groups excluding carboxylic acids is 2. The minimum Gasteiger partial charge on any atom is -0.449 e. The molecule has 7 nitrogen and oxygen atoms in total. The molecule has 1 aromatic carbocycles. The molecular weight excluding hydrogens is 380 g/mol. The Morgan fingerprint density at radius 2 is 1.79 bits per heavy atom. The number of aryl methyl sites for hydroxylation is 1. The number of carbonyl (C=O) groups is 2. The van der Waals surface area contributed by atoms with Crippen LogP contribution in [0.2, 0.25) is 0 Å². The van der Waals surface area contributed by atoms with Crippen LogP contribution in [0.4, 0.5) is 0 Å². The molecule has 156 valence electrons. The summed E-state index contributed by atoms with van der Waals surface area (Å²) in [6.07, 6.45) is 3.09. The molecule has 2 rings (SSSR count). The molecule has 28 heavy (non-hydrogen) atoms. The molecule has 0 spiro atoms. The highest BCUT2D eigenvalue weighted by molar-refractivity contribution is 7.89. The average molecular weight is 411 g/mol. The Morgan fingerprint density at radius 3 is 2.36 bits per heavy atom. The number of hydrogen-bond donors (Lipinski definition) is 2. The molecule has 1 fully saturated rings. The zero-order valence-electron chi connectivity index (χ0n) is 17.2. The molecular formula is C20H30N2O5S. The van der Waals surface area contributed by atoms with Crippen molar-refractivity contribution in [1.82, 2.24) is 10.0 Å². The Balaban J connectivity index is 2.13. The molecule has 1 atom stereocenters. The van der Waals surface area contributed by atoms with Crippen molar-refractivity contribution >= 4 is 21.9 Å². The van der Waals surface area contributed by atoms with E-state index in [1.54, 1.807) is 33.8 Å². The lowest BCUT2D eigenvalue weighted by atomic mass is 10.1. The molecule has 1 aromatic rings. The second-order valence-corrected chi connectivity index (χ2v) is 10.1. The second-order valence-electron chi connectivity index (χ2n) is 8.37. The minimum absolute atomic E-state index is 0.0250. The zero-order chi connectivity index (χ0) is 21.1. The van der Waals surface area contributed by atoms with Crippen molar-refractivity contribution < 1.29 is 22.7 Å².